The lowest BCUT2D eigenvalue weighted by Crippen LogP contribution is -2.69. The molecular weight excluding hydrogens is 621 g/mol. The number of fused-ring (bicyclic) bond motifs is 4. The Balaban J connectivity index is 1.40. The number of piperazine rings is 1. The number of sulfonamides is 2. The van der Waals surface area contributed by atoms with Gasteiger partial charge in [0.25, 0.3) is 0 Å². The van der Waals surface area contributed by atoms with Crippen LogP contribution in [0, 0.1) is 0 Å². The molecule has 0 amide bonds. The predicted octanol–water partition coefficient (Wildman–Crippen LogP) is 2.02. The van der Waals surface area contributed by atoms with Gasteiger partial charge >= 0.3 is 0 Å². The maximum absolute atomic E-state index is 14.3. The van der Waals surface area contributed by atoms with Crippen LogP contribution in [0.3, 0.4) is 0 Å². The van der Waals surface area contributed by atoms with Crippen LogP contribution in [0.15, 0.2) is 94.7 Å². The summed E-state index contributed by atoms with van der Waals surface area (Å²) in [6.45, 7) is 0. The molecule has 10 nitrogen and oxygen atoms in total. The van der Waals surface area contributed by atoms with Gasteiger partial charge in [-0.15, -0.1) is 0 Å². The van der Waals surface area contributed by atoms with Crippen molar-refractivity contribution in [1.29, 1.82) is 0 Å². The summed E-state index contributed by atoms with van der Waals surface area (Å²) in [6.07, 6.45) is 0. The Morgan fingerprint density at radius 2 is 0.786 bits per heavy atom. The van der Waals surface area contributed by atoms with E-state index in [-0.39, 0.29) is 9.79 Å². The van der Waals surface area contributed by atoms with Gasteiger partial charge in [-0.25, -0.2) is 33.7 Å². The lowest BCUT2D eigenvalue weighted by atomic mass is 10.0. The zero-order chi connectivity index (χ0) is 29.7. The van der Waals surface area contributed by atoms with Gasteiger partial charge < -0.3 is 0 Å². The molecule has 220 valence electrons. The van der Waals surface area contributed by atoms with Gasteiger partial charge in [0.2, 0.25) is 20.0 Å². The molecule has 4 aromatic carbocycles. The number of hydrogen-bond acceptors (Lipinski definition) is 8. The molecule has 3 saturated heterocycles. The highest BCUT2D eigenvalue weighted by Crippen LogP contribution is 2.43. The van der Waals surface area contributed by atoms with Crippen LogP contribution in [0.5, 0.6) is 0 Å². The van der Waals surface area contributed by atoms with Crippen LogP contribution in [0.1, 0.15) is 0 Å². The molecule has 0 saturated carbocycles. The van der Waals surface area contributed by atoms with Gasteiger partial charge in [-0.2, -0.15) is 8.61 Å². The van der Waals surface area contributed by atoms with Crippen molar-refractivity contribution in [2.75, 3.05) is 23.0 Å². The smallest absolute Gasteiger partial charge is 0.229 e. The molecule has 0 unspecified atom stereocenters. The average Bonchev–Trinajstić information content (AvgIpc) is 3.42. The SMILES string of the molecule is O=S1(=O)C[C@@H]2[C@@H](C1)N(S(=O)(=O)c1ccc3ccccc3c1)[C@H]1CS(=O)(=O)C[C@H]1N2S(=O)(=O)c1ccc2ccccc2c1. The van der Waals surface area contributed by atoms with E-state index in [0.29, 0.717) is 10.8 Å². The highest BCUT2D eigenvalue weighted by atomic mass is 32.2. The van der Waals surface area contributed by atoms with Crippen molar-refractivity contribution in [2.45, 2.75) is 34.0 Å². The molecule has 3 fully saturated rings. The zero-order valence-corrected chi connectivity index (χ0v) is 25.3. The third kappa shape index (κ3) is 4.38. The first-order valence-corrected chi connectivity index (χ1v) is 19.7. The highest BCUT2D eigenvalue weighted by molar-refractivity contribution is 7.93. The van der Waals surface area contributed by atoms with Crippen LogP contribution < -0.4 is 0 Å². The molecular formula is C28H26N2O8S4. The van der Waals surface area contributed by atoms with Crippen LogP contribution in [0.2, 0.25) is 0 Å². The third-order valence-corrected chi connectivity index (χ3v) is 15.8. The number of benzene rings is 4. The van der Waals surface area contributed by atoms with Gasteiger partial charge in [0.05, 0.1) is 57.0 Å². The minimum atomic E-state index is -4.44. The van der Waals surface area contributed by atoms with E-state index in [1.165, 1.54) is 24.3 Å². The van der Waals surface area contributed by atoms with Crippen LogP contribution in [0.4, 0.5) is 0 Å². The first kappa shape index (κ1) is 27.9. The van der Waals surface area contributed by atoms with E-state index >= 15 is 0 Å². The Morgan fingerprint density at radius 1 is 0.476 bits per heavy atom. The summed E-state index contributed by atoms with van der Waals surface area (Å²) in [4.78, 5) is -0.226. The molecule has 7 rings (SSSR count). The summed E-state index contributed by atoms with van der Waals surface area (Å²) in [6, 6.07) is 18.1. The lowest BCUT2D eigenvalue weighted by Gasteiger charge is -2.49. The molecule has 0 radical (unpaired) electrons. The van der Waals surface area contributed by atoms with Gasteiger partial charge in [-0.1, -0.05) is 60.7 Å². The van der Waals surface area contributed by atoms with Crippen molar-refractivity contribution in [3.63, 3.8) is 0 Å². The first-order valence-electron chi connectivity index (χ1n) is 13.2. The summed E-state index contributed by atoms with van der Waals surface area (Å²) in [5.74, 6) is -2.45. The third-order valence-electron chi connectivity index (χ3n) is 8.49. The maximum Gasteiger partial charge on any atom is 0.243 e. The molecule has 14 heteroatoms. The van der Waals surface area contributed by atoms with E-state index in [1.54, 1.807) is 36.4 Å². The topological polar surface area (TPSA) is 143 Å². The van der Waals surface area contributed by atoms with Gasteiger partial charge in [0, 0.05) is 0 Å². The summed E-state index contributed by atoms with van der Waals surface area (Å²) in [5, 5.41) is 2.88. The largest absolute Gasteiger partial charge is 0.243 e. The molecule has 0 aliphatic carbocycles. The highest BCUT2D eigenvalue weighted by Gasteiger charge is 2.63. The van der Waals surface area contributed by atoms with Crippen molar-refractivity contribution >= 4 is 61.3 Å². The van der Waals surface area contributed by atoms with Crippen molar-refractivity contribution in [3.8, 4) is 0 Å². The normalized spacial score (nSPS) is 27.6. The Labute approximate surface area is 244 Å². The van der Waals surface area contributed by atoms with Gasteiger partial charge in [-0.05, 0) is 45.8 Å². The van der Waals surface area contributed by atoms with Crippen LogP contribution in [0.25, 0.3) is 21.5 Å². The quantitative estimate of drug-likeness (QED) is 0.328. The fraction of sp³-hybridized carbons (Fsp3) is 0.286. The molecule has 4 atom stereocenters. The summed E-state index contributed by atoms with van der Waals surface area (Å²) in [5.41, 5.74) is 0. The summed E-state index contributed by atoms with van der Waals surface area (Å²) in [7, 11) is -16.6. The summed E-state index contributed by atoms with van der Waals surface area (Å²) < 4.78 is 111. The molecule has 4 aromatic rings. The standard InChI is InChI=1S/C28H26N2O8S4/c31-39(32)15-25-27(17-39)30(42(37,38)24-12-10-20-6-2-4-8-22(20)14-24)28-18-40(33,34)16-26(28)29(25)41(35,36)23-11-9-19-5-1-3-7-21(19)13-23/h1-14,25-28H,15-18H2/t25-,26-,27-,28+/m1/s1. The molecule has 3 aliphatic heterocycles. The molecule has 0 spiro atoms. The predicted molar refractivity (Wildman–Crippen MR) is 158 cm³/mol. The van der Waals surface area contributed by atoms with Gasteiger partial charge in [-0.3, -0.25) is 0 Å². The number of nitrogens with zero attached hydrogens (tertiary/aromatic N) is 2. The van der Waals surface area contributed by atoms with E-state index in [0.717, 1.165) is 19.4 Å². The number of sulfone groups is 2. The van der Waals surface area contributed by atoms with E-state index < -0.39 is 86.9 Å². The maximum atomic E-state index is 14.3. The van der Waals surface area contributed by atoms with Crippen molar-refractivity contribution in [3.05, 3.63) is 84.9 Å². The molecule has 3 heterocycles. The van der Waals surface area contributed by atoms with E-state index in [1.807, 2.05) is 24.3 Å². The van der Waals surface area contributed by atoms with Crippen molar-refractivity contribution in [2.24, 2.45) is 0 Å². The second-order valence-electron chi connectivity index (χ2n) is 11.1. The Morgan fingerprint density at radius 3 is 1.12 bits per heavy atom. The Bertz CT molecular complexity index is 2020. The first-order chi connectivity index (χ1) is 19.8. The van der Waals surface area contributed by atoms with Crippen molar-refractivity contribution < 1.29 is 33.7 Å². The molecule has 0 bridgehead atoms. The van der Waals surface area contributed by atoms with Crippen molar-refractivity contribution in [1.82, 2.24) is 8.61 Å². The minimum absolute atomic E-state index is 0.113. The van der Waals surface area contributed by atoms with E-state index in [2.05, 4.69) is 0 Å². The minimum Gasteiger partial charge on any atom is -0.229 e. The second-order valence-corrected chi connectivity index (χ2v) is 19.1. The Hall–Kier alpha value is -2.88. The van der Waals surface area contributed by atoms with Gasteiger partial charge in [0.15, 0.2) is 19.7 Å². The van der Waals surface area contributed by atoms with Crippen LogP contribution in [-0.2, 0) is 39.7 Å². The van der Waals surface area contributed by atoms with Crippen LogP contribution >= 0.6 is 0 Å². The number of hydrogen-bond donors (Lipinski definition) is 0. The molecule has 42 heavy (non-hydrogen) atoms. The average molecular weight is 647 g/mol. The van der Waals surface area contributed by atoms with Crippen LogP contribution in [-0.4, -0.2) is 89.5 Å². The molecule has 0 aromatic heterocycles. The molecule has 3 aliphatic rings. The fourth-order valence-corrected chi connectivity index (χ4v) is 14.8. The second kappa shape index (κ2) is 9.31. The summed E-state index contributed by atoms with van der Waals surface area (Å²) >= 11 is 0. The van der Waals surface area contributed by atoms with Gasteiger partial charge in [0.1, 0.15) is 0 Å². The Kier molecular flexibility index (Phi) is 6.19. The zero-order valence-electron chi connectivity index (χ0n) is 22.0. The lowest BCUT2D eigenvalue weighted by molar-refractivity contribution is 0.0841. The fourth-order valence-electron chi connectivity index (χ4n) is 6.70. The van der Waals surface area contributed by atoms with E-state index in [9.17, 15) is 33.7 Å². The number of rotatable bonds is 4. The monoisotopic (exact) mass is 646 g/mol. The molecule has 0 N–H and O–H groups in total. The van der Waals surface area contributed by atoms with E-state index in [4.69, 9.17) is 0 Å².